The zero-order chi connectivity index (χ0) is 30.2. The van der Waals surface area contributed by atoms with E-state index in [1.165, 1.54) is 16.2 Å². The van der Waals surface area contributed by atoms with E-state index in [2.05, 4.69) is 32.7 Å². The second kappa shape index (κ2) is 10.3. The lowest BCUT2D eigenvalue weighted by atomic mass is 9.88. The van der Waals surface area contributed by atoms with Crippen LogP contribution < -0.4 is 26.0 Å². The topological polar surface area (TPSA) is 146 Å². The van der Waals surface area contributed by atoms with Gasteiger partial charge in [0.2, 0.25) is 11.9 Å². The van der Waals surface area contributed by atoms with Crippen LogP contribution in [0.1, 0.15) is 66.6 Å². The van der Waals surface area contributed by atoms with Crippen molar-refractivity contribution >= 4 is 45.8 Å². The number of nitrogens with two attached hydrogens (primary N) is 2. The number of alkyl halides is 1. The molecule has 4 N–H and O–H groups in total. The average Bonchev–Trinajstić information content (AvgIpc) is 3.35. The molecule has 0 amide bonds. The number of halogens is 1. The van der Waals surface area contributed by atoms with E-state index >= 15 is 0 Å². The number of nitrogen functional groups attached to an aromatic ring is 2. The summed E-state index contributed by atoms with van der Waals surface area (Å²) in [6.45, 7) is 5.12. The Morgan fingerprint density at radius 2 is 2.11 bits per heavy atom. The zero-order valence-corrected chi connectivity index (χ0v) is 26.2. The van der Waals surface area contributed by atoms with Gasteiger partial charge in [-0.1, -0.05) is 6.07 Å². The minimum atomic E-state index is -0.838. The van der Waals surface area contributed by atoms with Gasteiger partial charge in [-0.2, -0.15) is 20.2 Å². The first-order valence-electron chi connectivity index (χ1n) is 15.3. The molecule has 0 bridgehead atoms. The van der Waals surface area contributed by atoms with Gasteiger partial charge in [-0.3, -0.25) is 4.90 Å². The number of nitrogens with zero attached hydrogens (tertiary/aromatic N) is 8. The summed E-state index contributed by atoms with van der Waals surface area (Å²) < 4.78 is 20.7. The van der Waals surface area contributed by atoms with Crippen molar-refractivity contribution in [2.45, 2.75) is 73.3 Å². The Hall–Kier alpha value is -3.41. The van der Waals surface area contributed by atoms with Crippen molar-refractivity contribution in [2.24, 2.45) is 0 Å². The van der Waals surface area contributed by atoms with Crippen molar-refractivity contribution in [3.63, 3.8) is 0 Å². The molecule has 1 unspecified atom stereocenters. The van der Waals surface area contributed by atoms with Crippen LogP contribution >= 0.6 is 23.1 Å². The molecule has 3 atom stereocenters. The third kappa shape index (κ3) is 4.46. The quantitative estimate of drug-likeness (QED) is 0.369. The molecule has 5 aliphatic rings. The van der Waals surface area contributed by atoms with Gasteiger partial charge in [-0.05, 0) is 45.2 Å². The number of nitriles is 1. The number of hydrogen-bond acceptors (Lipinski definition) is 13. The molecule has 1 aliphatic carbocycles. The number of ether oxygens (including phenoxy) is 1. The molecule has 3 aromatic rings. The Balaban J connectivity index is 1.13. The third-order valence-electron chi connectivity index (χ3n) is 9.96. The van der Waals surface area contributed by atoms with Crippen LogP contribution in [0.4, 0.5) is 27.1 Å². The van der Waals surface area contributed by atoms with Crippen molar-refractivity contribution in [1.29, 1.82) is 5.26 Å². The second-order valence-electron chi connectivity index (χ2n) is 12.8. The number of thioether (sulfide) groups is 1. The number of aromatic nitrogens is 4. The minimum absolute atomic E-state index is 0.118. The number of fused-ring (bicyclic) bond motifs is 3. The van der Waals surface area contributed by atoms with E-state index in [0.717, 1.165) is 49.1 Å². The smallest absolute Gasteiger partial charge is 0.323 e. The van der Waals surface area contributed by atoms with Crippen LogP contribution in [0.15, 0.2) is 18.3 Å². The minimum Gasteiger partial charge on any atom is -0.461 e. The van der Waals surface area contributed by atoms with E-state index in [9.17, 15) is 9.65 Å². The second-order valence-corrected chi connectivity index (χ2v) is 15.3. The molecule has 3 saturated heterocycles. The average molecular weight is 635 g/mol. The van der Waals surface area contributed by atoms with Crippen molar-refractivity contribution in [2.75, 3.05) is 54.1 Å². The Bertz CT molecular complexity index is 1650. The van der Waals surface area contributed by atoms with Crippen LogP contribution in [-0.2, 0) is 10.5 Å². The van der Waals surface area contributed by atoms with E-state index in [1.807, 2.05) is 23.9 Å². The van der Waals surface area contributed by atoms with Crippen molar-refractivity contribution < 1.29 is 9.13 Å². The summed E-state index contributed by atoms with van der Waals surface area (Å²) in [6.07, 6.45) is 5.33. The van der Waals surface area contributed by atoms with Crippen LogP contribution in [-0.4, -0.2) is 75.4 Å². The van der Waals surface area contributed by atoms with E-state index in [-0.39, 0.29) is 28.4 Å². The Morgan fingerprint density at radius 3 is 2.89 bits per heavy atom. The van der Waals surface area contributed by atoms with Crippen LogP contribution in [0, 0.1) is 11.3 Å². The van der Waals surface area contributed by atoms with Crippen molar-refractivity contribution in [3.8, 4) is 12.1 Å². The van der Waals surface area contributed by atoms with Gasteiger partial charge < -0.3 is 26.0 Å². The number of anilines is 4. The molecule has 11 nitrogen and oxygen atoms in total. The van der Waals surface area contributed by atoms with Gasteiger partial charge in [0.15, 0.2) is 0 Å². The lowest BCUT2D eigenvalue weighted by molar-refractivity contribution is 0.107. The van der Waals surface area contributed by atoms with Gasteiger partial charge in [0, 0.05) is 60.1 Å². The van der Waals surface area contributed by atoms with Gasteiger partial charge in [0.25, 0.3) is 0 Å². The monoisotopic (exact) mass is 634 g/mol. The summed E-state index contributed by atoms with van der Waals surface area (Å²) in [5.74, 6) is 2.42. The molecule has 0 radical (unpaired) electrons. The fourth-order valence-corrected chi connectivity index (χ4v) is 10.5. The lowest BCUT2D eigenvalue weighted by Crippen LogP contribution is -2.57. The van der Waals surface area contributed by atoms with Gasteiger partial charge in [0.1, 0.15) is 29.7 Å². The van der Waals surface area contributed by atoms with E-state index in [1.54, 1.807) is 6.20 Å². The molecule has 0 aromatic carbocycles. The molecule has 7 heterocycles. The maximum Gasteiger partial charge on any atom is 0.323 e. The largest absolute Gasteiger partial charge is 0.461 e. The molecule has 14 heteroatoms. The predicted octanol–water partition coefficient (Wildman–Crippen LogP) is 4.01. The highest BCUT2D eigenvalue weighted by atomic mass is 32.2. The molecule has 8 rings (SSSR count). The number of hydrogen-bond donors (Lipinski definition) is 2. The molecule has 3 aromatic heterocycles. The maximum absolute atomic E-state index is 14.5. The highest BCUT2D eigenvalue weighted by Crippen LogP contribution is 2.58. The van der Waals surface area contributed by atoms with E-state index in [4.69, 9.17) is 31.2 Å². The molecule has 1 spiro atoms. The molecule has 4 fully saturated rings. The first-order chi connectivity index (χ1) is 21.3. The molecular formula is C30H35FN10OS2. The summed E-state index contributed by atoms with van der Waals surface area (Å²) >= 11 is 3.39. The lowest BCUT2D eigenvalue weighted by Gasteiger charge is -2.48. The highest BCUT2D eigenvalue weighted by Gasteiger charge is 2.53. The van der Waals surface area contributed by atoms with Crippen molar-refractivity contribution in [1.82, 2.24) is 24.8 Å². The van der Waals surface area contributed by atoms with Crippen LogP contribution in [0.25, 0.3) is 0 Å². The fraction of sp³-hybridized carbons (Fsp3) is 0.567. The van der Waals surface area contributed by atoms with Crippen LogP contribution in [0.5, 0.6) is 6.01 Å². The summed E-state index contributed by atoms with van der Waals surface area (Å²) in [5.41, 5.74) is 14.8. The van der Waals surface area contributed by atoms with Gasteiger partial charge in [-0.15, -0.1) is 23.1 Å². The van der Waals surface area contributed by atoms with Gasteiger partial charge in [0.05, 0.1) is 21.9 Å². The highest BCUT2D eigenvalue weighted by molar-refractivity contribution is 8.00. The number of rotatable bonds is 8. The fourth-order valence-electron chi connectivity index (χ4n) is 7.67. The Kier molecular flexibility index (Phi) is 6.59. The van der Waals surface area contributed by atoms with Crippen LogP contribution in [0.2, 0.25) is 0 Å². The first kappa shape index (κ1) is 28.1. The number of thiophene rings is 1. The summed E-state index contributed by atoms with van der Waals surface area (Å²) in [4.78, 5) is 26.8. The summed E-state index contributed by atoms with van der Waals surface area (Å²) in [7, 11) is 0. The third-order valence-corrected chi connectivity index (χ3v) is 12.6. The van der Waals surface area contributed by atoms with Gasteiger partial charge in [-0.25, -0.2) is 9.37 Å². The number of pyridine rings is 1. The SMILES string of the molecule is C[C@H](c1cccnc1N)N(c1nc(OC[C@@]23CCCN2CC(F)C3)nc(N2CC3(C2)SCc2sc(N)c(C#N)c23)n1)C1CC1. The first-order valence-corrected chi connectivity index (χ1v) is 17.1. The van der Waals surface area contributed by atoms with Crippen molar-refractivity contribution in [3.05, 3.63) is 39.9 Å². The van der Waals surface area contributed by atoms with Crippen LogP contribution in [0.3, 0.4) is 0 Å². The standard InChI is InChI=1S/C30H35FN10OS2/c1-17(20-4-2-8-35-24(20)33)41(19-5-6-19)27-36-26(37-28(38-27)42-16-29-7-3-9-40(29)12-18(31)10-29)39-14-30(15-39)23-21(11-32)25(34)44-22(23)13-43-30/h2,4,8,17-19H,3,5-7,9-10,12-16,34H2,1H3,(H2,33,35)/t17-,18?,29+/m1/s1. The van der Waals surface area contributed by atoms with Gasteiger partial charge >= 0.3 is 6.01 Å². The molecular weight excluding hydrogens is 600 g/mol. The van der Waals surface area contributed by atoms with E-state index < -0.39 is 6.17 Å². The van der Waals surface area contributed by atoms with E-state index in [0.29, 0.717) is 60.9 Å². The summed E-state index contributed by atoms with van der Waals surface area (Å²) in [6, 6.07) is 6.64. The zero-order valence-electron chi connectivity index (χ0n) is 24.6. The summed E-state index contributed by atoms with van der Waals surface area (Å²) in [5, 5.41) is 10.4. The maximum atomic E-state index is 14.5. The Labute approximate surface area is 263 Å². The predicted molar refractivity (Wildman–Crippen MR) is 170 cm³/mol. The molecule has 44 heavy (non-hydrogen) atoms. The molecule has 230 valence electrons. The Morgan fingerprint density at radius 1 is 1.27 bits per heavy atom. The molecule has 4 aliphatic heterocycles. The normalized spacial score (nSPS) is 25.8. The molecule has 1 saturated carbocycles.